The van der Waals surface area contributed by atoms with E-state index in [4.69, 9.17) is 22.1 Å². The molecule has 3 amide bonds. The highest BCUT2D eigenvalue weighted by molar-refractivity contribution is 6.30. The van der Waals surface area contributed by atoms with Gasteiger partial charge in [0.2, 0.25) is 0 Å². The van der Waals surface area contributed by atoms with Crippen LogP contribution in [-0.4, -0.2) is 30.6 Å². The molecule has 1 saturated carbocycles. The van der Waals surface area contributed by atoms with Gasteiger partial charge in [-0.15, -0.1) is 0 Å². The van der Waals surface area contributed by atoms with Crippen LogP contribution in [0.3, 0.4) is 0 Å². The van der Waals surface area contributed by atoms with Crippen molar-refractivity contribution in [1.82, 2.24) is 10.6 Å². The van der Waals surface area contributed by atoms with Gasteiger partial charge in [0.05, 0.1) is 12.5 Å². The number of primary amides is 1. The Labute approximate surface area is 151 Å². The van der Waals surface area contributed by atoms with Crippen LogP contribution in [0.1, 0.15) is 43.7 Å². The van der Waals surface area contributed by atoms with Crippen molar-refractivity contribution < 1.29 is 19.1 Å². The summed E-state index contributed by atoms with van der Waals surface area (Å²) in [5.74, 6) is -0.915. The van der Waals surface area contributed by atoms with Crippen LogP contribution in [0.25, 0.3) is 0 Å². The molecule has 0 heterocycles. The van der Waals surface area contributed by atoms with Crippen LogP contribution in [0.2, 0.25) is 5.02 Å². The van der Waals surface area contributed by atoms with Gasteiger partial charge in [-0.25, -0.2) is 4.79 Å². The quantitative estimate of drug-likeness (QED) is 0.640. The lowest BCUT2D eigenvalue weighted by Gasteiger charge is -2.17. The zero-order valence-corrected chi connectivity index (χ0v) is 14.6. The summed E-state index contributed by atoms with van der Waals surface area (Å²) in [6.07, 6.45) is 3.99. The molecule has 8 heteroatoms. The minimum atomic E-state index is -0.758. The minimum absolute atomic E-state index is 0.138. The van der Waals surface area contributed by atoms with E-state index in [2.05, 4.69) is 10.6 Å². The van der Waals surface area contributed by atoms with Gasteiger partial charge in [0, 0.05) is 11.1 Å². The molecule has 0 saturated heterocycles. The maximum absolute atomic E-state index is 12.0. The number of amides is 3. The van der Waals surface area contributed by atoms with Gasteiger partial charge < -0.3 is 21.1 Å². The summed E-state index contributed by atoms with van der Waals surface area (Å²) in [4.78, 5) is 34.9. The Morgan fingerprint density at radius 1 is 1.20 bits per heavy atom. The normalized spacial score (nSPS) is 15.4. The Morgan fingerprint density at radius 2 is 1.84 bits per heavy atom. The number of carbonyl (C=O) groups is 3. The lowest BCUT2D eigenvalue weighted by Crippen LogP contribution is -2.37. The van der Waals surface area contributed by atoms with Crippen LogP contribution < -0.4 is 16.4 Å². The summed E-state index contributed by atoms with van der Waals surface area (Å²) >= 11 is 5.83. The average Bonchev–Trinajstić information content (AvgIpc) is 3.05. The maximum Gasteiger partial charge on any atom is 0.312 e. The number of urea groups is 1. The van der Waals surface area contributed by atoms with Gasteiger partial charge in [0.15, 0.2) is 6.61 Å². The molecule has 1 fully saturated rings. The number of esters is 1. The highest BCUT2D eigenvalue weighted by atomic mass is 35.5. The van der Waals surface area contributed by atoms with Crippen molar-refractivity contribution in [3.05, 3.63) is 34.9 Å². The van der Waals surface area contributed by atoms with Crippen molar-refractivity contribution in [3.63, 3.8) is 0 Å². The maximum atomic E-state index is 12.0. The van der Waals surface area contributed by atoms with E-state index in [1.165, 1.54) is 0 Å². The summed E-state index contributed by atoms with van der Waals surface area (Å²) < 4.78 is 5.00. The largest absolute Gasteiger partial charge is 0.456 e. The van der Waals surface area contributed by atoms with Crippen LogP contribution in [0.5, 0.6) is 0 Å². The Kier molecular flexibility index (Phi) is 7.06. The fourth-order valence-corrected chi connectivity index (χ4v) is 2.96. The smallest absolute Gasteiger partial charge is 0.312 e. The molecule has 136 valence electrons. The number of halogens is 1. The predicted octanol–water partition coefficient (Wildman–Crippen LogP) is 2.04. The molecule has 1 aromatic rings. The third kappa shape index (κ3) is 6.62. The van der Waals surface area contributed by atoms with E-state index in [1.807, 2.05) is 0 Å². The summed E-state index contributed by atoms with van der Waals surface area (Å²) in [7, 11) is 0. The number of nitrogens with one attached hydrogen (secondary N) is 2. The second-order valence-corrected chi connectivity index (χ2v) is 6.46. The van der Waals surface area contributed by atoms with Gasteiger partial charge in [-0.1, -0.05) is 36.6 Å². The van der Waals surface area contributed by atoms with Gasteiger partial charge in [-0.05, 0) is 30.5 Å². The first-order valence-electron chi connectivity index (χ1n) is 8.20. The molecule has 2 rings (SSSR count). The van der Waals surface area contributed by atoms with Crippen molar-refractivity contribution >= 4 is 29.5 Å². The molecular weight excluding hydrogens is 346 g/mol. The first-order chi connectivity index (χ1) is 11.9. The zero-order valence-electron chi connectivity index (χ0n) is 13.8. The van der Waals surface area contributed by atoms with Gasteiger partial charge in [0.1, 0.15) is 0 Å². The van der Waals surface area contributed by atoms with Crippen molar-refractivity contribution in [1.29, 1.82) is 0 Å². The van der Waals surface area contributed by atoms with Crippen LogP contribution in [-0.2, 0) is 14.3 Å². The molecule has 0 aromatic heterocycles. The molecule has 4 N–H and O–H groups in total. The van der Waals surface area contributed by atoms with E-state index in [0.717, 1.165) is 25.7 Å². The van der Waals surface area contributed by atoms with E-state index in [9.17, 15) is 14.4 Å². The molecule has 0 aliphatic heterocycles. The second kappa shape index (κ2) is 9.27. The molecule has 0 spiro atoms. The Bertz CT molecular complexity index is 615. The first kappa shape index (κ1) is 19.1. The van der Waals surface area contributed by atoms with E-state index in [1.54, 1.807) is 24.3 Å². The average molecular weight is 368 g/mol. The Hall–Kier alpha value is -2.28. The second-order valence-electron chi connectivity index (χ2n) is 6.03. The van der Waals surface area contributed by atoms with Gasteiger partial charge >= 0.3 is 12.0 Å². The van der Waals surface area contributed by atoms with Crippen molar-refractivity contribution in [2.75, 3.05) is 6.61 Å². The number of nitrogens with two attached hydrogens (primary N) is 1. The van der Waals surface area contributed by atoms with Gasteiger partial charge in [-0.3, -0.25) is 9.59 Å². The van der Waals surface area contributed by atoms with Crippen molar-refractivity contribution in [2.45, 2.75) is 44.2 Å². The fraction of sp³-hybridized carbons (Fsp3) is 0.471. The highest BCUT2D eigenvalue weighted by Gasteiger charge is 2.21. The Balaban J connectivity index is 1.84. The minimum Gasteiger partial charge on any atom is -0.456 e. The highest BCUT2D eigenvalue weighted by Crippen LogP contribution is 2.20. The molecule has 1 atom stereocenters. The Morgan fingerprint density at radius 3 is 2.44 bits per heavy atom. The third-order valence-electron chi connectivity index (χ3n) is 4.04. The lowest BCUT2D eigenvalue weighted by molar-refractivity contribution is -0.149. The van der Waals surface area contributed by atoms with Crippen LogP contribution >= 0.6 is 11.6 Å². The molecule has 1 aliphatic carbocycles. The van der Waals surface area contributed by atoms with Crippen molar-refractivity contribution in [2.24, 2.45) is 5.73 Å². The van der Waals surface area contributed by atoms with Gasteiger partial charge in [-0.2, -0.15) is 0 Å². The molecular formula is C17H22ClN3O4. The molecule has 7 nitrogen and oxygen atoms in total. The SMILES string of the molecule is NC(=O)N[C@@H](CC(=O)OCC(=O)NC1CCCC1)c1ccc(Cl)cc1. The number of hydrogen-bond donors (Lipinski definition) is 3. The molecule has 0 unspecified atom stereocenters. The standard InChI is InChI=1S/C17H22ClN3O4/c18-12-7-5-11(6-8-12)14(21-17(19)24)9-16(23)25-10-15(22)20-13-3-1-2-4-13/h5-8,13-14H,1-4,9-10H2,(H,20,22)(H3,19,21,24)/t14-/m0/s1. The molecule has 1 aliphatic rings. The van der Waals surface area contributed by atoms with E-state index >= 15 is 0 Å². The van der Waals surface area contributed by atoms with Crippen LogP contribution in [0.15, 0.2) is 24.3 Å². The number of hydrogen-bond acceptors (Lipinski definition) is 4. The number of carbonyl (C=O) groups excluding carboxylic acids is 3. The number of benzene rings is 1. The first-order valence-corrected chi connectivity index (χ1v) is 8.58. The predicted molar refractivity (Wildman–Crippen MR) is 92.9 cm³/mol. The summed E-state index contributed by atoms with van der Waals surface area (Å²) in [5, 5.41) is 5.86. The number of ether oxygens (including phenoxy) is 1. The molecule has 1 aromatic carbocycles. The summed E-state index contributed by atoms with van der Waals surface area (Å²) in [5.41, 5.74) is 5.82. The monoisotopic (exact) mass is 367 g/mol. The van der Waals surface area contributed by atoms with Crippen LogP contribution in [0.4, 0.5) is 4.79 Å². The summed E-state index contributed by atoms with van der Waals surface area (Å²) in [6.45, 7) is -0.334. The van der Waals surface area contributed by atoms with Gasteiger partial charge in [0.25, 0.3) is 5.91 Å². The third-order valence-corrected chi connectivity index (χ3v) is 4.30. The molecule has 0 bridgehead atoms. The fourth-order valence-electron chi connectivity index (χ4n) is 2.83. The lowest BCUT2D eigenvalue weighted by atomic mass is 10.0. The van der Waals surface area contributed by atoms with Crippen LogP contribution in [0, 0.1) is 0 Å². The molecule has 0 radical (unpaired) electrons. The number of rotatable bonds is 7. The molecule has 25 heavy (non-hydrogen) atoms. The van der Waals surface area contributed by atoms with E-state index < -0.39 is 18.0 Å². The zero-order chi connectivity index (χ0) is 18.2. The van der Waals surface area contributed by atoms with E-state index in [0.29, 0.717) is 10.6 Å². The topological polar surface area (TPSA) is 111 Å². The van der Waals surface area contributed by atoms with Crippen molar-refractivity contribution in [3.8, 4) is 0 Å². The van der Waals surface area contributed by atoms with E-state index in [-0.39, 0.29) is 25.0 Å². The summed E-state index contributed by atoms with van der Waals surface area (Å²) in [6, 6.07) is 5.42.